The van der Waals surface area contributed by atoms with Gasteiger partial charge in [0.25, 0.3) is 11.4 Å². The van der Waals surface area contributed by atoms with Crippen molar-refractivity contribution in [1.29, 1.82) is 0 Å². The molecule has 6 aromatic rings. The van der Waals surface area contributed by atoms with E-state index in [4.69, 9.17) is 0 Å². The van der Waals surface area contributed by atoms with Gasteiger partial charge in [-0.2, -0.15) is 4.57 Å². The lowest BCUT2D eigenvalue weighted by Gasteiger charge is -2.45. The summed E-state index contributed by atoms with van der Waals surface area (Å²) in [5.74, 6) is 0. The van der Waals surface area contributed by atoms with Crippen LogP contribution in [0.3, 0.4) is 0 Å². The van der Waals surface area contributed by atoms with E-state index in [0.29, 0.717) is 0 Å². The molecule has 3 aliphatic heterocycles. The van der Waals surface area contributed by atoms with Crippen molar-refractivity contribution in [2.24, 2.45) is 5.41 Å². The molecule has 0 aliphatic carbocycles. The van der Waals surface area contributed by atoms with Crippen LogP contribution in [0.1, 0.15) is 58.7 Å². The summed E-state index contributed by atoms with van der Waals surface area (Å²) in [7, 11) is 0. The fourth-order valence-corrected chi connectivity index (χ4v) is 9.21. The van der Waals surface area contributed by atoms with Gasteiger partial charge < -0.3 is 0 Å². The summed E-state index contributed by atoms with van der Waals surface area (Å²) in [6, 6.07) is 34.2. The van der Waals surface area contributed by atoms with Crippen molar-refractivity contribution in [3.63, 3.8) is 0 Å². The van der Waals surface area contributed by atoms with Crippen LogP contribution in [0.25, 0.3) is 59.4 Å². The van der Waals surface area contributed by atoms with Gasteiger partial charge in [-0.15, -0.1) is 15.9 Å². The maximum atomic E-state index is 4.04. The number of aromatic nitrogens is 2. The minimum absolute atomic E-state index is 0.0770. The molecule has 0 radical (unpaired) electrons. The fourth-order valence-electron chi connectivity index (χ4n) is 8.08. The number of nitrogens with one attached hydrogen (secondary N) is 1. The summed E-state index contributed by atoms with van der Waals surface area (Å²) >= 11 is 1.90. The molecule has 3 aromatic heterocycles. The highest BCUT2D eigenvalue weighted by Crippen LogP contribution is 2.50. The second-order valence-corrected chi connectivity index (χ2v) is 14.9. The number of hydrogen-bond donors (Lipinski definition) is 1. The van der Waals surface area contributed by atoms with E-state index in [-0.39, 0.29) is 17.0 Å². The van der Waals surface area contributed by atoms with Crippen molar-refractivity contribution in [1.82, 2.24) is 10.4 Å². The molecule has 5 heteroatoms. The van der Waals surface area contributed by atoms with Crippen LogP contribution >= 0.6 is 11.3 Å². The average Bonchev–Trinajstić information content (AvgIpc) is 3.76. The van der Waals surface area contributed by atoms with Gasteiger partial charge in [0, 0.05) is 49.8 Å². The summed E-state index contributed by atoms with van der Waals surface area (Å²) in [5.41, 5.74) is 14.1. The van der Waals surface area contributed by atoms with Crippen LogP contribution in [0.15, 0.2) is 103 Å². The van der Waals surface area contributed by atoms with Crippen molar-refractivity contribution in [3.8, 4) is 11.3 Å². The molecule has 0 saturated heterocycles. The second kappa shape index (κ2) is 9.35. The minimum Gasteiger partial charge on any atom is -0.285 e. The summed E-state index contributed by atoms with van der Waals surface area (Å²) < 4.78 is 7.77. The lowest BCUT2D eigenvalue weighted by molar-refractivity contribution is -0.608. The Morgan fingerprint density at radius 1 is 0.800 bits per heavy atom. The molecule has 3 aliphatic rings. The zero-order chi connectivity index (χ0) is 30.7. The van der Waals surface area contributed by atoms with Gasteiger partial charge in [-0.25, -0.2) is 5.43 Å². The second-order valence-electron chi connectivity index (χ2n) is 13.9. The molecule has 9 rings (SSSR count). The van der Waals surface area contributed by atoms with Crippen LogP contribution in [0.4, 0.5) is 0 Å². The number of thiophene rings is 1. The first kappa shape index (κ1) is 27.0. The number of pyridine rings is 2. The predicted octanol–water partition coefficient (Wildman–Crippen LogP) is 8.79. The van der Waals surface area contributed by atoms with Crippen molar-refractivity contribution in [2.45, 2.75) is 59.0 Å². The molecule has 0 amide bonds. The Balaban J connectivity index is 1.46. The molecule has 0 saturated carbocycles. The monoisotopic (exact) mass is 606 g/mol. The highest BCUT2D eigenvalue weighted by atomic mass is 32.1. The van der Waals surface area contributed by atoms with Crippen LogP contribution in [0, 0.1) is 5.41 Å². The Bertz CT molecular complexity index is 2280. The maximum absolute atomic E-state index is 4.04. The molecule has 1 unspecified atom stereocenters. The number of rotatable bonds is 2. The number of benzene rings is 3. The summed E-state index contributed by atoms with van der Waals surface area (Å²) in [6.07, 6.45) is 6.69. The Kier molecular flexibility index (Phi) is 5.62. The Morgan fingerprint density at radius 2 is 1.58 bits per heavy atom. The summed E-state index contributed by atoms with van der Waals surface area (Å²) in [4.78, 5) is 0. The first-order chi connectivity index (χ1) is 21.8. The number of hydrogen-bond acceptors (Lipinski definition) is 3. The van der Waals surface area contributed by atoms with Gasteiger partial charge in [0.15, 0.2) is 6.20 Å². The number of fused-ring (bicyclic) bond motifs is 11. The van der Waals surface area contributed by atoms with E-state index in [2.05, 4.69) is 157 Å². The Morgan fingerprint density at radius 3 is 2.40 bits per heavy atom. The van der Waals surface area contributed by atoms with Crippen molar-refractivity contribution in [2.75, 3.05) is 0 Å². The molecular weight excluding hydrogens is 569 g/mol. The molecule has 0 fully saturated rings. The van der Waals surface area contributed by atoms with Gasteiger partial charge in [0.05, 0.1) is 17.2 Å². The number of para-hydroxylation sites is 1. The van der Waals surface area contributed by atoms with Crippen molar-refractivity contribution >= 4 is 59.5 Å². The van der Waals surface area contributed by atoms with Gasteiger partial charge in [-0.1, -0.05) is 65.0 Å². The first-order valence-electron chi connectivity index (χ1n) is 16.3. The van der Waals surface area contributed by atoms with Gasteiger partial charge in [-0.05, 0) is 60.7 Å². The van der Waals surface area contributed by atoms with Crippen LogP contribution in [0.5, 0.6) is 0 Å². The average molecular weight is 607 g/mol. The molecule has 0 spiro atoms. The van der Waals surface area contributed by atoms with Crippen LogP contribution in [-0.2, 0) is 0 Å². The zero-order valence-corrected chi connectivity index (χ0v) is 27.4. The van der Waals surface area contributed by atoms with Crippen LogP contribution < -0.4 is 14.6 Å². The highest BCUT2D eigenvalue weighted by molar-refractivity contribution is 7.25. The predicted molar refractivity (Wildman–Crippen MR) is 187 cm³/mol. The molecule has 0 bridgehead atoms. The van der Waals surface area contributed by atoms with Crippen LogP contribution in [0.2, 0.25) is 0 Å². The minimum atomic E-state index is -0.283. The lowest BCUT2D eigenvalue weighted by Crippen LogP contribution is -2.65. The van der Waals surface area contributed by atoms with Gasteiger partial charge >= 0.3 is 0 Å². The Labute approximate surface area is 268 Å². The van der Waals surface area contributed by atoms with E-state index < -0.39 is 0 Å². The molecule has 1 N–H and O–H groups in total. The summed E-state index contributed by atoms with van der Waals surface area (Å²) in [5, 5.41) is 6.47. The Hall–Kier alpha value is -4.32. The molecule has 45 heavy (non-hydrogen) atoms. The van der Waals surface area contributed by atoms with Crippen LogP contribution in [-0.4, -0.2) is 16.6 Å². The van der Waals surface area contributed by atoms with E-state index >= 15 is 0 Å². The lowest BCUT2D eigenvalue weighted by atomic mass is 9.82. The van der Waals surface area contributed by atoms with E-state index in [1.165, 1.54) is 70.7 Å². The molecule has 6 heterocycles. The highest BCUT2D eigenvalue weighted by Gasteiger charge is 2.59. The smallest absolute Gasteiger partial charge is 0.285 e. The van der Waals surface area contributed by atoms with E-state index in [0.717, 1.165) is 12.8 Å². The normalized spacial score (nSPS) is 20.0. The third kappa shape index (κ3) is 3.57. The third-order valence-corrected chi connectivity index (χ3v) is 11.6. The SMILES string of the molecule is CCC1(CC)C(=C2c3cc4c(cc3-c3ccc5ccccc5[n+]32)sc2ccccc24)[n+]2ccccc2C2=CC(C(C)(C)C)NN21. The molecule has 4 nitrogen and oxygen atoms in total. The number of hydrazine groups is 1. The molecule has 1 atom stereocenters. The molecule has 3 aromatic carbocycles. The third-order valence-electron chi connectivity index (χ3n) is 10.5. The van der Waals surface area contributed by atoms with E-state index in [9.17, 15) is 0 Å². The largest absolute Gasteiger partial charge is 0.290 e. The van der Waals surface area contributed by atoms with Gasteiger partial charge in [0.2, 0.25) is 16.9 Å². The fraction of sp³-hybridized carbons (Fsp3) is 0.250. The molecular formula is C40H38N4S+2. The van der Waals surface area contributed by atoms with Gasteiger partial charge in [-0.3, -0.25) is 5.01 Å². The number of nitrogens with zero attached hydrogens (tertiary/aromatic N) is 3. The topological polar surface area (TPSA) is 23.0 Å². The zero-order valence-electron chi connectivity index (χ0n) is 26.6. The summed E-state index contributed by atoms with van der Waals surface area (Å²) in [6.45, 7) is 11.7. The standard InChI is InChI=1S/C40H38N4S/c1-6-40(7-2)38(42-21-13-12-17-32(42)33-24-36(39(3,4)5)41-44(33)40)37-29-22-28-26-15-9-11-18-34(26)45-35(28)23-27(29)31-20-19-25-14-8-10-16-30(25)43(31)37/h8-24,36,41H,6-7H2,1-5H3/q+2. The molecule has 222 valence electrons. The van der Waals surface area contributed by atoms with Crippen molar-refractivity contribution in [3.05, 3.63) is 115 Å². The van der Waals surface area contributed by atoms with Gasteiger partial charge in [0.1, 0.15) is 11.2 Å². The van der Waals surface area contributed by atoms with Crippen molar-refractivity contribution < 1.29 is 9.13 Å². The first-order valence-corrected chi connectivity index (χ1v) is 17.1. The maximum Gasteiger partial charge on any atom is 0.290 e. The van der Waals surface area contributed by atoms with E-state index in [1.807, 2.05) is 11.3 Å². The quantitative estimate of drug-likeness (QED) is 0.199. The van der Waals surface area contributed by atoms with E-state index in [1.54, 1.807) is 0 Å².